The molecule has 0 aliphatic rings. The molecule has 2 rings (SSSR count). The Bertz CT molecular complexity index is 927. The minimum Gasteiger partial charge on any atom is -0.339 e. The second kappa shape index (κ2) is 10.5. The number of hydrogen-bond acceptors (Lipinski definition) is 2. The smallest absolute Gasteiger partial charge is 0.254 e. The molecule has 156 valence electrons. The first-order valence-corrected chi connectivity index (χ1v) is 10.9. The number of anilines is 1. The topological polar surface area (TPSA) is 53.2 Å². The summed E-state index contributed by atoms with van der Waals surface area (Å²) in [4.78, 5) is 12.5. The van der Waals surface area contributed by atoms with Gasteiger partial charge in [0.1, 0.15) is 6.17 Å². The lowest BCUT2D eigenvalue weighted by Crippen LogP contribution is -2.56. The van der Waals surface area contributed by atoms with Gasteiger partial charge in [0.15, 0.2) is 5.11 Å². The molecule has 0 heterocycles. The van der Waals surface area contributed by atoms with Gasteiger partial charge in [0.05, 0.1) is 26.3 Å². The van der Waals surface area contributed by atoms with Crippen LogP contribution in [0.5, 0.6) is 0 Å². The number of rotatable bonds is 4. The van der Waals surface area contributed by atoms with Gasteiger partial charge in [-0.25, -0.2) is 0 Å². The van der Waals surface area contributed by atoms with E-state index in [4.69, 9.17) is 105 Å². The van der Waals surface area contributed by atoms with Crippen LogP contribution in [0.4, 0.5) is 5.69 Å². The Balaban J connectivity index is 2.17. The average molecular weight is 575 g/mol. The largest absolute Gasteiger partial charge is 0.339 e. The second-order valence-corrected chi connectivity index (χ2v) is 10.3. The van der Waals surface area contributed by atoms with E-state index in [0.29, 0.717) is 10.0 Å². The summed E-state index contributed by atoms with van der Waals surface area (Å²) in [6.07, 6.45) is -1.24. The number of thiocarbonyl (C=S) groups is 1. The van der Waals surface area contributed by atoms with Crippen LogP contribution in [0.2, 0.25) is 25.1 Å². The zero-order valence-corrected chi connectivity index (χ0v) is 20.7. The van der Waals surface area contributed by atoms with Gasteiger partial charge in [-0.3, -0.25) is 4.79 Å². The van der Waals surface area contributed by atoms with Crippen molar-refractivity contribution < 1.29 is 4.79 Å². The van der Waals surface area contributed by atoms with E-state index < -0.39 is 15.9 Å². The predicted molar refractivity (Wildman–Crippen MR) is 129 cm³/mol. The van der Waals surface area contributed by atoms with Crippen LogP contribution in [-0.2, 0) is 0 Å². The maximum absolute atomic E-state index is 12.5. The highest BCUT2D eigenvalue weighted by atomic mass is 35.6. The quantitative estimate of drug-likeness (QED) is 0.203. The van der Waals surface area contributed by atoms with Crippen molar-refractivity contribution in [2.75, 3.05) is 5.32 Å². The maximum Gasteiger partial charge on any atom is 0.254 e. The average Bonchev–Trinajstić information content (AvgIpc) is 2.56. The van der Waals surface area contributed by atoms with Crippen LogP contribution in [0.25, 0.3) is 0 Å². The molecule has 3 N–H and O–H groups in total. The minimum atomic E-state index is -1.98. The van der Waals surface area contributed by atoms with Gasteiger partial charge >= 0.3 is 0 Å². The van der Waals surface area contributed by atoms with E-state index in [9.17, 15) is 4.79 Å². The molecule has 0 saturated heterocycles. The first-order valence-electron chi connectivity index (χ1n) is 7.43. The fraction of sp³-hybridized carbons (Fsp3) is 0.125. The Labute approximate surface area is 212 Å². The first kappa shape index (κ1) is 25.2. The lowest BCUT2D eigenvalue weighted by Gasteiger charge is -2.28. The highest BCUT2D eigenvalue weighted by molar-refractivity contribution is 7.80. The number of hydrogen-bond donors (Lipinski definition) is 3. The van der Waals surface area contributed by atoms with E-state index >= 15 is 0 Å². The zero-order valence-electron chi connectivity index (χ0n) is 13.8. The molecule has 2 aromatic rings. The number of alkyl halides is 3. The third-order valence-electron chi connectivity index (χ3n) is 3.30. The molecular formula is C16H9Cl8N3OS. The van der Waals surface area contributed by atoms with Crippen molar-refractivity contribution in [3.05, 3.63) is 61.0 Å². The molecule has 1 amide bonds. The fourth-order valence-electron chi connectivity index (χ4n) is 2.02. The van der Waals surface area contributed by atoms with Gasteiger partial charge in [-0.05, 0) is 42.5 Å². The first-order chi connectivity index (χ1) is 13.4. The molecule has 0 radical (unpaired) electrons. The lowest BCUT2D eigenvalue weighted by atomic mass is 10.2. The van der Waals surface area contributed by atoms with E-state index in [0.717, 1.165) is 0 Å². The van der Waals surface area contributed by atoms with E-state index in [2.05, 4.69) is 16.0 Å². The van der Waals surface area contributed by atoms with Gasteiger partial charge in [-0.1, -0.05) is 92.8 Å². The van der Waals surface area contributed by atoms with Crippen molar-refractivity contribution >= 4 is 122 Å². The Morgan fingerprint density at radius 2 is 1.41 bits per heavy atom. The van der Waals surface area contributed by atoms with Crippen LogP contribution < -0.4 is 16.0 Å². The molecule has 0 aromatic heterocycles. The van der Waals surface area contributed by atoms with Crippen molar-refractivity contribution in [3.63, 3.8) is 0 Å². The molecule has 0 spiro atoms. The Morgan fingerprint density at radius 3 is 1.93 bits per heavy atom. The molecule has 13 heteroatoms. The van der Waals surface area contributed by atoms with Crippen LogP contribution >= 0.6 is 105 Å². The van der Waals surface area contributed by atoms with E-state index in [1.165, 1.54) is 30.3 Å². The summed E-state index contributed by atoms with van der Waals surface area (Å²) in [5, 5.41) is 9.18. The molecule has 2 aromatic carbocycles. The molecule has 0 fully saturated rings. The lowest BCUT2D eigenvalue weighted by molar-refractivity contribution is 0.0934. The fourth-order valence-corrected chi connectivity index (χ4v) is 3.98. The molecule has 1 atom stereocenters. The molecular weight excluding hydrogens is 566 g/mol. The molecule has 0 bridgehead atoms. The number of carbonyl (C=O) groups is 1. The van der Waals surface area contributed by atoms with Crippen molar-refractivity contribution in [1.82, 2.24) is 10.6 Å². The molecule has 0 saturated carbocycles. The second-order valence-electron chi connectivity index (χ2n) is 5.42. The van der Waals surface area contributed by atoms with Gasteiger partial charge in [0.2, 0.25) is 3.79 Å². The summed E-state index contributed by atoms with van der Waals surface area (Å²) in [5.74, 6) is -0.624. The summed E-state index contributed by atoms with van der Waals surface area (Å²) in [5.41, 5.74) is 0.408. The third kappa shape index (κ3) is 7.23. The summed E-state index contributed by atoms with van der Waals surface area (Å²) >= 11 is 53.1. The standard InChI is InChI=1S/C16H9Cl8N3OS/c17-6-1-2-8(9(19)3-6)13(28)26-14(16(22,23)24)27-15(29)25-12-10(20)4-7(18)5-11(12)21/h1-5,14H,(H,26,28)(H2,25,27,29)/t14-/m1/s1. The van der Waals surface area contributed by atoms with Gasteiger partial charge in [-0.15, -0.1) is 0 Å². The minimum absolute atomic E-state index is 0.0325. The maximum atomic E-state index is 12.5. The molecule has 0 unspecified atom stereocenters. The van der Waals surface area contributed by atoms with Crippen LogP contribution in [0.3, 0.4) is 0 Å². The van der Waals surface area contributed by atoms with Crippen LogP contribution in [0.15, 0.2) is 30.3 Å². The number of nitrogens with one attached hydrogen (secondary N) is 3. The van der Waals surface area contributed by atoms with Crippen LogP contribution in [-0.4, -0.2) is 21.0 Å². The van der Waals surface area contributed by atoms with E-state index in [-0.39, 0.29) is 31.4 Å². The molecule has 0 aliphatic heterocycles. The Kier molecular flexibility index (Phi) is 9.11. The monoisotopic (exact) mass is 571 g/mol. The van der Waals surface area contributed by atoms with Gasteiger partial charge in [-0.2, -0.15) is 0 Å². The Hall–Kier alpha value is -0.0800. The summed E-state index contributed by atoms with van der Waals surface area (Å²) in [6, 6.07) is 7.27. The number of carbonyl (C=O) groups excluding carboxylic acids is 1. The third-order valence-corrected chi connectivity index (χ3v) is 5.54. The summed E-state index contributed by atoms with van der Waals surface area (Å²) < 4.78 is -1.98. The van der Waals surface area contributed by atoms with Crippen molar-refractivity contribution in [3.8, 4) is 0 Å². The van der Waals surface area contributed by atoms with E-state index in [1.807, 2.05) is 0 Å². The normalized spacial score (nSPS) is 12.3. The number of amides is 1. The predicted octanol–water partition coefficient (Wildman–Crippen LogP) is 7.37. The molecule has 0 aliphatic carbocycles. The highest BCUT2D eigenvalue weighted by Crippen LogP contribution is 2.34. The highest BCUT2D eigenvalue weighted by Gasteiger charge is 2.35. The molecule has 29 heavy (non-hydrogen) atoms. The van der Waals surface area contributed by atoms with E-state index in [1.54, 1.807) is 0 Å². The number of benzene rings is 2. The van der Waals surface area contributed by atoms with Crippen molar-refractivity contribution in [2.45, 2.75) is 9.96 Å². The van der Waals surface area contributed by atoms with Crippen LogP contribution in [0, 0.1) is 0 Å². The van der Waals surface area contributed by atoms with Gasteiger partial charge < -0.3 is 16.0 Å². The molecule has 4 nitrogen and oxygen atoms in total. The SMILES string of the molecule is O=C(N[C@H](NC(=S)Nc1c(Cl)cc(Cl)cc1Cl)C(Cl)(Cl)Cl)c1ccc(Cl)cc1Cl. The summed E-state index contributed by atoms with van der Waals surface area (Å²) in [7, 11) is 0. The van der Waals surface area contributed by atoms with Crippen LogP contribution in [0.1, 0.15) is 10.4 Å². The van der Waals surface area contributed by atoms with Crippen molar-refractivity contribution in [2.24, 2.45) is 0 Å². The van der Waals surface area contributed by atoms with Gasteiger partial charge in [0, 0.05) is 10.0 Å². The Morgan fingerprint density at radius 1 is 0.862 bits per heavy atom. The van der Waals surface area contributed by atoms with Crippen molar-refractivity contribution in [1.29, 1.82) is 0 Å². The summed E-state index contributed by atoms with van der Waals surface area (Å²) in [6.45, 7) is 0. The number of halogens is 8. The van der Waals surface area contributed by atoms with Gasteiger partial charge in [0.25, 0.3) is 5.91 Å². The zero-order chi connectivity index (χ0) is 21.9.